The molecule has 0 spiro atoms. The molecule has 2 aliphatic rings. The van der Waals surface area contributed by atoms with Gasteiger partial charge in [0.1, 0.15) is 0 Å². The molecule has 1 aliphatic carbocycles. The molecule has 0 aromatic carbocycles. The molecule has 16 heavy (non-hydrogen) atoms. The van der Waals surface area contributed by atoms with Crippen LogP contribution >= 0.6 is 12.4 Å². The monoisotopic (exact) mass is 246 g/mol. The Kier molecular flexibility index (Phi) is 5.06. The molecular weight excluding hydrogens is 224 g/mol. The highest BCUT2D eigenvalue weighted by atomic mass is 35.5. The summed E-state index contributed by atoms with van der Waals surface area (Å²) in [4.78, 5) is 11.7. The number of rotatable bonds is 4. The Bertz CT molecular complexity index is 235. The Balaban J connectivity index is 0.00000128. The van der Waals surface area contributed by atoms with Crippen LogP contribution in [0, 0.1) is 11.3 Å². The zero-order valence-electron chi connectivity index (χ0n) is 10.1. The van der Waals surface area contributed by atoms with E-state index >= 15 is 0 Å². The highest BCUT2D eigenvalue weighted by Crippen LogP contribution is 2.40. The second-order valence-electron chi connectivity index (χ2n) is 5.13. The lowest BCUT2D eigenvalue weighted by Gasteiger charge is -2.31. The number of nitrogens with one attached hydrogen (secondary N) is 2. The van der Waals surface area contributed by atoms with Gasteiger partial charge in [-0.3, -0.25) is 4.79 Å². The molecule has 1 saturated heterocycles. The minimum absolute atomic E-state index is 0. The number of hydrogen-bond acceptors (Lipinski definition) is 2. The third-order valence-corrected chi connectivity index (χ3v) is 4.20. The van der Waals surface area contributed by atoms with Gasteiger partial charge in [0.2, 0.25) is 5.91 Å². The summed E-state index contributed by atoms with van der Waals surface area (Å²) in [6.45, 7) is 4.89. The second kappa shape index (κ2) is 5.87. The van der Waals surface area contributed by atoms with E-state index in [1.165, 1.54) is 32.1 Å². The maximum Gasteiger partial charge on any atom is 0.225 e. The molecule has 1 heterocycles. The molecule has 3 nitrogen and oxygen atoms in total. The smallest absolute Gasteiger partial charge is 0.225 e. The fourth-order valence-corrected chi connectivity index (χ4v) is 2.67. The lowest BCUT2D eigenvalue weighted by molar-refractivity contribution is -0.126. The Labute approximate surface area is 104 Å². The van der Waals surface area contributed by atoms with Crippen LogP contribution in [0.2, 0.25) is 0 Å². The summed E-state index contributed by atoms with van der Waals surface area (Å²) in [5, 5.41) is 6.27. The molecular formula is C12H23ClN2O. The van der Waals surface area contributed by atoms with E-state index in [1.807, 2.05) is 0 Å². The molecule has 4 heteroatoms. The SMILES string of the molecule is CCC1(CNC(=O)C2CNC2)CCCC1.Cl. The summed E-state index contributed by atoms with van der Waals surface area (Å²) in [5.41, 5.74) is 0.423. The van der Waals surface area contributed by atoms with Gasteiger partial charge in [0.25, 0.3) is 0 Å². The Hall–Kier alpha value is -0.280. The number of amides is 1. The summed E-state index contributed by atoms with van der Waals surface area (Å²) >= 11 is 0. The van der Waals surface area contributed by atoms with Crippen LogP contribution in [0.5, 0.6) is 0 Å². The maximum atomic E-state index is 11.7. The van der Waals surface area contributed by atoms with Crippen LogP contribution in [-0.2, 0) is 4.79 Å². The average Bonchev–Trinajstić information content (AvgIpc) is 2.61. The summed E-state index contributed by atoms with van der Waals surface area (Å²) in [6.07, 6.45) is 6.49. The maximum absolute atomic E-state index is 11.7. The molecule has 0 radical (unpaired) electrons. The van der Waals surface area contributed by atoms with Gasteiger partial charge in [0, 0.05) is 19.6 Å². The van der Waals surface area contributed by atoms with Crippen molar-refractivity contribution in [1.82, 2.24) is 10.6 Å². The Morgan fingerprint density at radius 1 is 1.38 bits per heavy atom. The van der Waals surface area contributed by atoms with Gasteiger partial charge in [-0.2, -0.15) is 0 Å². The van der Waals surface area contributed by atoms with Gasteiger partial charge >= 0.3 is 0 Å². The van der Waals surface area contributed by atoms with Crippen molar-refractivity contribution in [3.8, 4) is 0 Å². The van der Waals surface area contributed by atoms with E-state index in [9.17, 15) is 4.79 Å². The van der Waals surface area contributed by atoms with Crippen LogP contribution in [0.3, 0.4) is 0 Å². The van der Waals surface area contributed by atoms with Gasteiger partial charge in [-0.05, 0) is 24.7 Å². The van der Waals surface area contributed by atoms with Crippen molar-refractivity contribution in [2.75, 3.05) is 19.6 Å². The van der Waals surface area contributed by atoms with Gasteiger partial charge in [-0.1, -0.05) is 19.8 Å². The van der Waals surface area contributed by atoms with E-state index in [0.717, 1.165) is 19.6 Å². The Morgan fingerprint density at radius 2 is 2.00 bits per heavy atom. The van der Waals surface area contributed by atoms with Crippen molar-refractivity contribution in [3.05, 3.63) is 0 Å². The van der Waals surface area contributed by atoms with E-state index in [0.29, 0.717) is 5.41 Å². The van der Waals surface area contributed by atoms with Gasteiger partial charge in [-0.15, -0.1) is 12.4 Å². The molecule has 0 aromatic rings. The van der Waals surface area contributed by atoms with Crippen molar-refractivity contribution in [2.45, 2.75) is 39.0 Å². The minimum Gasteiger partial charge on any atom is -0.355 e. The van der Waals surface area contributed by atoms with Crippen molar-refractivity contribution >= 4 is 18.3 Å². The standard InChI is InChI=1S/C12H22N2O.ClH/c1-2-12(5-3-4-6-12)9-14-11(15)10-7-13-8-10;/h10,13H,2-9H2,1H3,(H,14,15);1H. The van der Waals surface area contributed by atoms with Crippen LogP contribution < -0.4 is 10.6 Å². The van der Waals surface area contributed by atoms with E-state index in [4.69, 9.17) is 0 Å². The molecule has 2 fully saturated rings. The van der Waals surface area contributed by atoms with E-state index < -0.39 is 0 Å². The zero-order chi connectivity index (χ0) is 10.7. The highest BCUT2D eigenvalue weighted by Gasteiger charge is 2.33. The highest BCUT2D eigenvalue weighted by molar-refractivity contribution is 5.85. The molecule has 2 N–H and O–H groups in total. The van der Waals surface area contributed by atoms with Crippen LogP contribution in [0.15, 0.2) is 0 Å². The first-order chi connectivity index (χ1) is 7.26. The summed E-state index contributed by atoms with van der Waals surface area (Å²) < 4.78 is 0. The van der Waals surface area contributed by atoms with Gasteiger partial charge in [-0.25, -0.2) is 0 Å². The first-order valence-corrected chi connectivity index (χ1v) is 6.24. The summed E-state index contributed by atoms with van der Waals surface area (Å²) in [7, 11) is 0. The lowest BCUT2D eigenvalue weighted by atomic mass is 9.83. The molecule has 0 bridgehead atoms. The number of carbonyl (C=O) groups is 1. The quantitative estimate of drug-likeness (QED) is 0.793. The van der Waals surface area contributed by atoms with Gasteiger partial charge < -0.3 is 10.6 Å². The average molecular weight is 247 g/mol. The van der Waals surface area contributed by atoms with E-state index in [2.05, 4.69) is 17.6 Å². The first-order valence-electron chi connectivity index (χ1n) is 6.24. The number of halogens is 1. The number of carbonyl (C=O) groups excluding carboxylic acids is 1. The fraction of sp³-hybridized carbons (Fsp3) is 0.917. The predicted molar refractivity (Wildman–Crippen MR) is 67.8 cm³/mol. The molecule has 0 atom stereocenters. The van der Waals surface area contributed by atoms with Crippen molar-refractivity contribution in [2.24, 2.45) is 11.3 Å². The molecule has 94 valence electrons. The largest absolute Gasteiger partial charge is 0.355 e. The fourth-order valence-electron chi connectivity index (χ4n) is 2.67. The van der Waals surface area contributed by atoms with E-state index in [-0.39, 0.29) is 24.2 Å². The molecule has 1 amide bonds. The van der Waals surface area contributed by atoms with Crippen LogP contribution in [0.1, 0.15) is 39.0 Å². The predicted octanol–water partition coefficient (Wildman–Crippen LogP) is 1.71. The van der Waals surface area contributed by atoms with Gasteiger partial charge in [0.15, 0.2) is 0 Å². The Morgan fingerprint density at radius 3 is 2.44 bits per heavy atom. The van der Waals surface area contributed by atoms with Crippen molar-refractivity contribution < 1.29 is 4.79 Å². The molecule has 0 aromatic heterocycles. The molecule has 1 saturated carbocycles. The first kappa shape index (κ1) is 13.8. The molecule has 1 aliphatic heterocycles. The summed E-state index contributed by atoms with van der Waals surface area (Å²) in [5.74, 6) is 0.494. The summed E-state index contributed by atoms with van der Waals surface area (Å²) in [6, 6.07) is 0. The third-order valence-electron chi connectivity index (χ3n) is 4.20. The van der Waals surface area contributed by atoms with Crippen molar-refractivity contribution in [3.63, 3.8) is 0 Å². The van der Waals surface area contributed by atoms with Crippen molar-refractivity contribution in [1.29, 1.82) is 0 Å². The molecule has 2 rings (SSSR count). The zero-order valence-corrected chi connectivity index (χ0v) is 10.9. The number of hydrogen-bond donors (Lipinski definition) is 2. The van der Waals surface area contributed by atoms with Crippen LogP contribution in [0.4, 0.5) is 0 Å². The van der Waals surface area contributed by atoms with Crippen LogP contribution in [-0.4, -0.2) is 25.5 Å². The van der Waals surface area contributed by atoms with Crippen LogP contribution in [0.25, 0.3) is 0 Å². The third kappa shape index (κ3) is 2.89. The normalized spacial score (nSPS) is 23.3. The van der Waals surface area contributed by atoms with E-state index in [1.54, 1.807) is 0 Å². The minimum atomic E-state index is 0. The van der Waals surface area contributed by atoms with Gasteiger partial charge in [0.05, 0.1) is 5.92 Å². The second-order valence-corrected chi connectivity index (χ2v) is 5.13. The molecule has 0 unspecified atom stereocenters. The lowest BCUT2D eigenvalue weighted by Crippen LogP contribution is -2.52. The topological polar surface area (TPSA) is 41.1 Å².